The van der Waals surface area contributed by atoms with Gasteiger partial charge in [0.25, 0.3) is 10.1 Å². The maximum Gasteiger partial charge on any atom is 0.315 e. The molecule has 0 radical (unpaired) electrons. The highest BCUT2D eigenvalue weighted by Crippen LogP contribution is 2.04. The van der Waals surface area contributed by atoms with Crippen LogP contribution in [0.3, 0.4) is 0 Å². The van der Waals surface area contributed by atoms with Gasteiger partial charge in [-0.1, -0.05) is 0 Å². The number of hydrogen-bond acceptors (Lipinski definition) is 5. The second kappa shape index (κ2) is 8.25. The third-order valence-corrected chi connectivity index (χ3v) is 2.61. The molecule has 0 aromatic rings. The monoisotopic (exact) mass is 284 g/mol. The molecule has 3 N–H and O–H groups in total. The fourth-order valence-corrected chi connectivity index (χ4v) is 1.93. The number of carbonyl (C=O) groups is 1. The number of nitrogens with two attached hydrogens (primary N) is 1. The fourth-order valence-electron chi connectivity index (χ4n) is 1.28. The summed E-state index contributed by atoms with van der Waals surface area (Å²) in [6.07, 6.45) is -0.275. The molecule has 8 nitrogen and oxygen atoms in total. The fraction of sp³-hybridized carbons (Fsp3) is 0.889. The molecule has 0 saturated heterocycles. The Kier molecular flexibility index (Phi) is 7.83. The van der Waals surface area contributed by atoms with Crippen molar-refractivity contribution in [3.8, 4) is 0 Å². The molecule has 0 atom stereocenters. The van der Waals surface area contributed by atoms with Crippen LogP contribution < -0.4 is 5.73 Å². The van der Waals surface area contributed by atoms with Gasteiger partial charge in [-0.05, 0) is 13.8 Å². The maximum absolute atomic E-state index is 11.0. The van der Waals surface area contributed by atoms with Gasteiger partial charge in [-0.15, -0.1) is 0 Å². The second-order valence-electron chi connectivity index (χ2n) is 3.44. The van der Waals surface area contributed by atoms with Gasteiger partial charge in [-0.25, -0.2) is 4.79 Å². The van der Waals surface area contributed by atoms with Crippen LogP contribution in [0, 0.1) is 0 Å². The van der Waals surface area contributed by atoms with E-state index in [4.69, 9.17) is 19.8 Å². The number of primary amides is 1. The van der Waals surface area contributed by atoms with Crippen molar-refractivity contribution in [1.29, 1.82) is 0 Å². The quantitative estimate of drug-likeness (QED) is 0.454. The Morgan fingerprint density at radius 1 is 1.33 bits per heavy atom. The Labute approximate surface area is 107 Å². The molecule has 0 aromatic heterocycles. The first kappa shape index (κ1) is 17.1. The van der Waals surface area contributed by atoms with Crippen molar-refractivity contribution in [2.75, 3.05) is 25.6 Å². The van der Waals surface area contributed by atoms with E-state index in [1.54, 1.807) is 13.8 Å². The van der Waals surface area contributed by atoms with Crippen molar-refractivity contribution in [1.82, 2.24) is 4.90 Å². The lowest BCUT2D eigenvalue weighted by Gasteiger charge is -2.22. The number of rotatable bonds is 9. The molecular formula is C9H20N2O6S. The number of nitrogens with zero attached hydrogens (tertiary/aromatic N) is 1. The van der Waals surface area contributed by atoms with Crippen LogP contribution in [0.4, 0.5) is 4.79 Å². The molecule has 0 heterocycles. The molecule has 9 heteroatoms. The first-order chi connectivity index (χ1) is 8.30. The molecule has 0 rings (SSSR count). The first-order valence-electron chi connectivity index (χ1n) is 5.52. The summed E-state index contributed by atoms with van der Waals surface area (Å²) in [5, 5.41) is 0. The van der Waals surface area contributed by atoms with E-state index < -0.39 is 28.3 Å². The molecule has 2 amide bonds. The highest BCUT2D eigenvalue weighted by Gasteiger charge is 2.19. The second-order valence-corrected chi connectivity index (χ2v) is 4.86. The van der Waals surface area contributed by atoms with Gasteiger partial charge in [-0.3, -0.25) is 4.55 Å². The molecule has 0 saturated carbocycles. The SMILES string of the molecule is CCOC(CCN(CS(=O)(=O)O)C(N)=O)OCC. The van der Waals surface area contributed by atoms with E-state index in [0.29, 0.717) is 13.2 Å². The number of ether oxygens (including phenoxy) is 2. The zero-order valence-corrected chi connectivity index (χ0v) is 11.4. The average molecular weight is 284 g/mol. The number of urea groups is 1. The van der Waals surface area contributed by atoms with E-state index in [2.05, 4.69) is 0 Å². The molecule has 0 spiro atoms. The van der Waals surface area contributed by atoms with Gasteiger partial charge in [0.05, 0.1) is 0 Å². The van der Waals surface area contributed by atoms with Crippen molar-refractivity contribution in [2.24, 2.45) is 5.73 Å². The van der Waals surface area contributed by atoms with E-state index in [-0.39, 0.29) is 13.0 Å². The van der Waals surface area contributed by atoms with Gasteiger partial charge < -0.3 is 20.1 Å². The maximum atomic E-state index is 11.0. The standard InChI is InChI=1S/C9H20N2O6S/c1-3-16-8(17-4-2)5-6-11(9(10)12)7-18(13,14)15/h8H,3-7H2,1-2H3,(H2,10,12)(H,13,14,15). The average Bonchev–Trinajstić information content (AvgIpc) is 2.22. The Balaban J connectivity index is 4.36. The lowest BCUT2D eigenvalue weighted by atomic mass is 10.4. The topological polar surface area (TPSA) is 119 Å². The Morgan fingerprint density at radius 3 is 2.17 bits per heavy atom. The summed E-state index contributed by atoms with van der Waals surface area (Å²) in [7, 11) is -4.30. The highest BCUT2D eigenvalue weighted by molar-refractivity contribution is 7.85. The summed E-state index contributed by atoms with van der Waals surface area (Å²) in [6.45, 7) is 4.45. The molecule has 18 heavy (non-hydrogen) atoms. The minimum absolute atomic E-state index is 0.0137. The number of hydrogen-bond donors (Lipinski definition) is 2. The molecule has 0 unspecified atom stereocenters. The van der Waals surface area contributed by atoms with E-state index in [1.807, 2.05) is 0 Å². The Morgan fingerprint density at radius 2 is 1.83 bits per heavy atom. The summed E-state index contributed by atoms with van der Waals surface area (Å²) in [5.74, 6) is -0.840. The van der Waals surface area contributed by atoms with E-state index in [0.717, 1.165) is 4.90 Å². The van der Waals surface area contributed by atoms with Crippen LogP contribution in [-0.2, 0) is 19.6 Å². The van der Waals surface area contributed by atoms with Gasteiger partial charge in [0.1, 0.15) is 5.88 Å². The van der Waals surface area contributed by atoms with Crippen molar-refractivity contribution in [2.45, 2.75) is 26.6 Å². The molecule has 0 aliphatic heterocycles. The van der Waals surface area contributed by atoms with E-state index in [1.165, 1.54) is 0 Å². The predicted molar refractivity (Wildman–Crippen MR) is 64.4 cm³/mol. The third kappa shape index (κ3) is 8.23. The molecule has 0 aliphatic rings. The summed E-state index contributed by atoms with van der Waals surface area (Å²) >= 11 is 0. The smallest absolute Gasteiger partial charge is 0.315 e. The highest BCUT2D eigenvalue weighted by atomic mass is 32.2. The van der Waals surface area contributed by atoms with Crippen LogP contribution >= 0.6 is 0 Å². The van der Waals surface area contributed by atoms with Crippen molar-refractivity contribution < 1.29 is 27.2 Å². The first-order valence-corrected chi connectivity index (χ1v) is 7.13. The van der Waals surface area contributed by atoms with Crippen LogP contribution in [-0.4, -0.2) is 55.8 Å². The van der Waals surface area contributed by atoms with E-state index in [9.17, 15) is 13.2 Å². The lowest BCUT2D eigenvalue weighted by molar-refractivity contribution is -0.140. The van der Waals surface area contributed by atoms with Crippen LogP contribution in [0.15, 0.2) is 0 Å². The van der Waals surface area contributed by atoms with Gasteiger partial charge in [0.2, 0.25) is 0 Å². The number of carbonyl (C=O) groups excluding carboxylic acids is 1. The molecular weight excluding hydrogens is 264 g/mol. The molecule has 108 valence electrons. The minimum atomic E-state index is -4.30. The minimum Gasteiger partial charge on any atom is -0.353 e. The van der Waals surface area contributed by atoms with Crippen LogP contribution in [0.5, 0.6) is 0 Å². The van der Waals surface area contributed by atoms with Crippen LogP contribution in [0.1, 0.15) is 20.3 Å². The van der Waals surface area contributed by atoms with Crippen molar-refractivity contribution in [3.63, 3.8) is 0 Å². The number of amides is 2. The third-order valence-electron chi connectivity index (χ3n) is 1.97. The molecule has 0 aliphatic carbocycles. The summed E-state index contributed by atoms with van der Waals surface area (Å²) < 4.78 is 40.5. The summed E-state index contributed by atoms with van der Waals surface area (Å²) in [5.41, 5.74) is 5.01. The van der Waals surface area contributed by atoms with Gasteiger partial charge in [0, 0.05) is 26.2 Å². The largest absolute Gasteiger partial charge is 0.353 e. The Hall–Kier alpha value is -0.900. The normalized spacial score (nSPS) is 11.8. The van der Waals surface area contributed by atoms with Gasteiger partial charge >= 0.3 is 6.03 Å². The summed E-state index contributed by atoms with van der Waals surface area (Å²) in [6, 6.07) is -0.931. The van der Waals surface area contributed by atoms with Crippen molar-refractivity contribution in [3.05, 3.63) is 0 Å². The van der Waals surface area contributed by atoms with E-state index >= 15 is 0 Å². The Bertz CT molecular complexity index is 339. The molecule has 0 aromatic carbocycles. The summed E-state index contributed by atoms with van der Waals surface area (Å²) in [4.78, 5) is 11.8. The zero-order valence-electron chi connectivity index (χ0n) is 10.5. The van der Waals surface area contributed by atoms with Crippen molar-refractivity contribution >= 4 is 16.1 Å². The molecule has 0 fully saturated rings. The van der Waals surface area contributed by atoms with Gasteiger partial charge in [0.15, 0.2) is 6.29 Å². The predicted octanol–water partition coefficient (Wildman–Crippen LogP) is 0.00160. The molecule has 0 bridgehead atoms. The van der Waals surface area contributed by atoms with Crippen LogP contribution in [0.25, 0.3) is 0 Å². The van der Waals surface area contributed by atoms with Crippen LogP contribution in [0.2, 0.25) is 0 Å². The van der Waals surface area contributed by atoms with Gasteiger partial charge in [-0.2, -0.15) is 8.42 Å². The lowest BCUT2D eigenvalue weighted by Crippen LogP contribution is -2.41. The zero-order chi connectivity index (χ0) is 14.2.